The fourth-order valence-electron chi connectivity index (χ4n) is 3.51. The molecule has 0 saturated carbocycles. The van der Waals surface area contributed by atoms with Gasteiger partial charge in [0.25, 0.3) is 5.91 Å². The lowest BCUT2D eigenvalue weighted by molar-refractivity contribution is -0.113. The third-order valence-electron chi connectivity index (χ3n) is 5.47. The van der Waals surface area contributed by atoms with E-state index in [2.05, 4.69) is 20.8 Å². The van der Waals surface area contributed by atoms with Crippen LogP contribution in [0.5, 0.6) is 0 Å². The minimum absolute atomic E-state index is 0.0631. The summed E-state index contributed by atoms with van der Waals surface area (Å²) in [5, 5.41) is 14.9. The van der Waals surface area contributed by atoms with Gasteiger partial charge in [0.15, 0.2) is 11.0 Å². The van der Waals surface area contributed by atoms with Crippen molar-refractivity contribution in [3.63, 3.8) is 0 Å². The Morgan fingerprint density at radius 1 is 1.00 bits per heavy atom. The number of nitrogens with one attached hydrogen (secondary N) is 2. The third-order valence-corrected chi connectivity index (χ3v) is 6.49. The summed E-state index contributed by atoms with van der Waals surface area (Å²) in [6, 6.07) is 13.6. The van der Waals surface area contributed by atoms with Crippen LogP contribution in [0.3, 0.4) is 0 Å². The Morgan fingerprint density at radius 2 is 1.70 bits per heavy atom. The topological polar surface area (TPSA) is 115 Å². The predicted octanol–water partition coefficient (Wildman–Crippen LogP) is 4.55. The van der Waals surface area contributed by atoms with Crippen LogP contribution in [-0.2, 0) is 16.6 Å². The first kappa shape index (κ1) is 27.9. The maximum Gasteiger partial charge on any atom is 0.338 e. The van der Waals surface area contributed by atoms with Gasteiger partial charge < -0.3 is 19.9 Å². The highest BCUT2D eigenvalue weighted by atomic mass is 32.2. The Hall–Kier alpha value is -3.66. The number of esters is 1. The third kappa shape index (κ3) is 7.66. The number of anilines is 1. The van der Waals surface area contributed by atoms with Crippen LogP contribution >= 0.6 is 11.8 Å². The number of aryl methyl sites for hydroxylation is 1. The molecule has 0 saturated heterocycles. The Balaban J connectivity index is 1.63. The number of hydrogen-bond acceptors (Lipinski definition) is 7. The largest absolute Gasteiger partial charge is 0.459 e. The Kier molecular flexibility index (Phi) is 9.46. The van der Waals surface area contributed by atoms with E-state index in [1.165, 1.54) is 11.8 Å². The molecule has 0 radical (unpaired) electrons. The maximum atomic E-state index is 12.8. The highest BCUT2D eigenvalue weighted by Gasteiger charge is 2.25. The summed E-state index contributed by atoms with van der Waals surface area (Å²) in [7, 11) is 1.81. The molecule has 0 aliphatic heterocycles. The van der Waals surface area contributed by atoms with E-state index in [4.69, 9.17) is 4.74 Å². The molecule has 0 spiro atoms. The number of thioether (sulfide) groups is 1. The number of rotatable bonds is 10. The second kappa shape index (κ2) is 12.5. The first-order chi connectivity index (χ1) is 17.5. The van der Waals surface area contributed by atoms with Crippen LogP contribution in [0.15, 0.2) is 53.7 Å². The molecule has 0 fully saturated rings. The molecule has 1 atom stereocenters. The molecule has 37 heavy (non-hydrogen) atoms. The lowest BCUT2D eigenvalue weighted by atomic mass is 10.0. The summed E-state index contributed by atoms with van der Waals surface area (Å²) in [5.41, 5.74) is 2.52. The van der Waals surface area contributed by atoms with Crippen molar-refractivity contribution < 1.29 is 19.1 Å². The van der Waals surface area contributed by atoms with Gasteiger partial charge in [0.2, 0.25) is 5.91 Å². The van der Waals surface area contributed by atoms with Crippen molar-refractivity contribution in [1.82, 2.24) is 20.1 Å². The number of benzene rings is 2. The van der Waals surface area contributed by atoms with Gasteiger partial charge in [-0.3, -0.25) is 9.59 Å². The highest BCUT2D eigenvalue weighted by Crippen LogP contribution is 2.25. The second-order valence-corrected chi connectivity index (χ2v) is 10.3. The molecule has 10 heteroatoms. The summed E-state index contributed by atoms with van der Waals surface area (Å²) in [5.74, 6) is -0.120. The molecule has 0 aliphatic carbocycles. The van der Waals surface area contributed by atoms with Crippen LogP contribution in [0.2, 0.25) is 0 Å². The van der Waals surface area contributed by atoms with Crippen LogP contribution in [0, 0.1) is 12.8 Å². The minimum Gasteiger partial charge on any atom is -0.459 e. The monoisotopic (exact) mass is 523 g/mol. The van der Waals surface area contributed by atoms with Gasteiger partial charge in [-0.2, -0.15) is 0 Å². The molecule has 3 aromatic rings. The van der Waals surface area contributed by atoms with E-state index < -0.39 is 5.97 Å². The van der Waals surface area contributed by atoms with Gasteiger partial charge in [-0.25, -0.2) is 4.79 Å². The predicted molar refractivity (Wildman–Crippen MR) is 144 cm³/mol. The fourth-order valence-corrected chi connectivity index (χ4v) is 4.23. The summed E-state index contributed by atoms with van der Waals surface area (Å²) in [4.78, 5) is 37.5. The molecule has 1 aromatic heterocycles. The first-order valence-electron chi connectivity index (χ1n) is 12.1. The summed E-state index contributed by atoms with van der Waals surface area (Å²) in [6.07, 6.45) is -0.232. The Bertz CT molecular complexity index is 1250. The smallest absolute Gasteiger partial charge is 0.338 e. The molecule has 2 N–H and O–H groups in total. The van der Waals surface area contributed by atoms with Gasteiger partial charge in [-0.05, 0) is 57.0 Å². The lowest BCUT2D eigenvalue weighted by Gasteiger charge is -2.21. The molecule has 0 bridgehead atoms. The SMILES string of the molecule is Cc1ccc(C(=O)N[C@@H](c2nnc(SCC(=O)Nc3cccc(C(=O)OC(C)C)c3)n2C)C(C)C)cc1. The van der Waals surface area contributed by atoms with Crippen molar-refractivity contribution in [3.05, 3.63) is 71.0 Å². The van der Waals surface area contributed by atoms with Crippen molar-refractivity contribution >= 4 is 35.2 Å². The van der Waals surface area contributed by atoms with Gasteiger partial charge in [0.1, 0.15) is 0 Å². The van der Waals surface area contributed by atoms with E-state index in [0.717, 1.165) is 5.56 Å². The molecular weight excluding hydrogens is 490 g/mol. The zero-order valence-electron chi connectivity index (χ0n) is 21.9. The Labute approximate surface area is 221 Å². The molecular formula is C27H33N5O4S. The van der Waals surface area contributed by atoms with E-state index in [9.17, 15) is 14.4 Å². The summed E-state index contributed by atoms with van der Waals surface area (Å²) in [6.45, 7) is 9.53. The number of aromatic nitrogens is 3. The van der Waals surface area contributed by atoms with E-state index in [0.29, 0.717) is 27.8 Å². The van der Waals surface area contributed by atoms with Crippen LogP contribution in [0.25, 0.3) is 0 Å². The van der Waals surface area contributed by atoms with E-state index in [1.807, 2.05) is 40.0 Å². The Morgan fingerprint density at radius 3 is 2.35 bits per heavy atom. The van der Waals surface area contributed by atoms with E-state index >= 15 is 0 Å². The molecule has 2 aromatic carbocycles. The molecule has 196 valence electrons. The van der Waals surface area contributed by atoms with Gasteiger partial charge in [-0.1, -0.05) is 49.4 Å². The molecule has 2 amide bonds. The number of carbonyl (C=O) groups excluding carboxylic acids is 3. The second-order valence-electron chi connectivity index (χ2n) is 9.33. The number of amides is 2. The fraction of sp³-hybridized carbons (Fsp3) is 0.370. The summed E-state index contributed by atoms with van der Waals surface area (Å²) >= 11 is 1.23. The van der Waals surface area contributed by atoms with Crippen LogP contribution in [0.4, 0.5) is 5.69 Å². The highest BCUT2D eigenvalue weighted by molar-refractivity contribution is 7.99. The van der Waals surface area contributed by atoms with E-state index in [-0.39, 0.29) is 35.6 Å². The molecule has 3 rings (SSSR count). The number of nitrogens with zero attached hydrogens (tertiary/aromatic N) is 3. The van der Waals surface area contributed by atoms with Crippen molar-refractivity contribution in [2.24, 2.45) is 13.0 Å². The first-order valence-corrected chi connectivity index (χ1v) is 13.0. The molecule has 0 unspecified atom stereocenters. The number of hydrogen-bond donors (Lipinski definition) is 2. The normalized spacial score (nSPS) is 11.9. The number of ether oxygens (including phenoxy) is 1. The van der Waals surface area contributed by atoms with Crippen LogP contribution in [0.1, 0.15) is 65.8 Å². The van der Waals surface area contributed by atoms with Gasteiger partial charge in [-0.15, -0.1) is 10.2 Å². The van der Waals surface area contributed by atoms with Crippen molar-refractivity contribution in [2.75, 3.05) is 11.1 Å². The molecule has 0 aliphatic rings. The average molecular weight is 524 g/mol. The van der Waals surface area contributed by atoms with Gasteiger partial charge >= 0.3 is 5.97 Å². The van der Waals surface area contributed by atoms with Gasteiger partial charge in [0, 0.05) is 18.3 Å². The van der Waals surface area contributed by atoms with Crippen LogP contribution < -0.4 is 10.6 Å². The minimum atomic E-state index is -0.443. The van der Waals surface area contributed by atoms with Crippen molar-refractivity contribution in [3.8, 4) is 0 Å². The van der Waals surface area contributed by atoms with Crippen molar-refractivity contribution in [1.29, 1.82) is 0 Å². The van der Waals surface area contributed by atoms with E-state index in [1.54, 1.807) is 54.8 Å². The summed E-state index contributed by atoms with van der Waals surface area (Å²) < 4.78 is 7.00. The van der Waals surface area contributed by atoms with Crippen LogP contribution in [-0.4, -0.2) is 44.4 Å². The zero-order valence-corrected chi connectivity index (χ0v) is 22.8. The zero-order chi connectivity index (χ0) is 27.1. The van der Waals surface area contributed by atoms with Crippen molar-refractivity contribution in [2.45, 2.75) is 51.9 Å². The number of carbonyl (C=O) groups is 3. The quantitative estimate of drug-likeness (QED) is 0.296. The van der Waals surface area contributed by atoms with Gasteiger partial charge in [0.05, 0.1) is 23.5 Å². The maximum absolute atomic E-state index is 12.8. The standard InChI is InChI=1S/C27H33N5O4S/c1-16(2)23(29-25(34)19-12-10-18(5)11-13-19)24-30-31-27(32(24)6)37-15-22(33)28-21-9-7-8-20(14-21)26(35)36-17(3)4/h7-14,16-17,23H,15H2,1-6H3,(H,28,33)(H,29,34)/t23-/m1/s1. The molecule has 1 heterocycles. The lowest BCUT2D eigenvalue weighted by Crippen LogP contribution is -2.33. The molecule has 9 nitrogen and oxygen atoms in total. The average Bonchev–Trinajstić information content (AvgIpc) is 3.20.